The molecule has 1 aromatic carbocycles. The monoisotopic (exact) mass is 340 g/mol. The molecule has 0 saturated carbocycles. The summed E-state index contributed by atoms with van der Waals surface area (Å²) in [6, 6.07) is 8.91. The van der Waals surface area contributed by atoms with Crippen molar-refractivity contribution in [2.45, 2.75) is 13.3 Å². The third kappa shape index (κ3) is 3.75. The molecule has 122 valence electrons. The highest BCUT2D eigenvalue weighted by molar-refractivity contribution is 7.09. The SMILES string of the molecule is Cc1ccc([N+](=O)[O-])c(NCCc2nc(-c3ccncc3)cs2)c1. The number of aryl methyl sites for hydroxylation is 1. The Morgan fingerprint density at radius 2 is 2.04 bits per heavy atom. The summed E-state index contributed by atoms with van der Waals surface area (Å²) in [6.45, 7) is 2.50. The number of hydrogen-bond donors (Lipinski definition) is 1. The number of pyridine rings is 1. The quantitative estimate of drug-likeness (QED) is 0.540. The molecule has 0 aliphatic heterocycles. The Morgan fingerprint density at radius 3 is 2.79 bits per heavy atom. The molecule has 3 rings (SSSR count). The maximum absolute atomic E-state index is 11.1. The van der Waals surface area contributed by atoms with E-state index in [2.05, 4.69) is 15.3 Å². The van der Waals surface area contributed by atoms with Gasteiger partial charge in [-0.15, -0.1) is 11.3 Å². The second kappa shape index (κ2) is 7.18. The van der Waals surface area contributed by atoms with E-state index in [1.807, 2.05) is 24.4 Å². The smallest absolute Gasteiger partial charge is 0.292 e. The molecule has 2 aromatic heterocycles. The van der Waals surface area contributed by atoms with Gasteiger partial charge in [0.1, 0.15) is 5.69 Å². The van der Waals surface area contributed by atoms with Crippen LogP contribution < -0.4 is 5.32 Å². The van der Waals surface area contributed by atoms with Crippen LogP contribution >= 0.6 is 11.3 Å². The van der Waals surface area contributed by atoms with Gasteiger partial charge in [0.2, 0.25) is 0 Å². The minimum Gasteiger partial charge on any atom is -0.379 e. The summed E-state index contributed by atoms with van der Waals surface area (Å²) >= 11 is 1.59. The molecule has 6 nitrogen and oxygen atoms in total. The molecule has 0 radical (unpaired) electrons. The summed E-state index contributed by atoms with van der Waals surface area (Å²) in [4.78, 5) is 19.3. The van der Waals surface area contributed by atoms with Gasteiger partial charge in [0.05, 0.1) is 15.6 Å². The van der Waals surface area contributed by atoms with Gasteiger partial charge in [-0.05, 0) is 30.7 Å². The van der Waals surface area contributed by atoms with Crippen LogP contribution in [-0.2, 0) is 6.42 Å². The standard InChI is InChI=1S/C17H16N4O2S/c1-12-2-3-16(21(22)23)14(10-12)19-9-6-17-20-15(11-24-17)13-4-7-18-8-5-13/h2-5,7-8,10-11,19H,6,9H2,1H3. The predicted molar refractivity (Wildman–Crippen MR) is 95.4 cm³/mol. The summed E-state index contributed by atoms with van der Waals surface area (Å²) in [6.07, 6.45) is 4.19. The molecule has 0 aliphatic carbocycles. The van der Waals surface area contributed by atoms with E-state index in [-0.39, 0.29) is 10.6 Å². The average Bonchev–Trinajstić information content (AvgIpc) is 3.04. The van der Waals surface area contributed by atoms with Crippen LogP contribution in [0.25, 0.3) is 11.3 Å². The van der Waals surface area contributed by atoms with Gasteiger partial charge in [-0.2, -0.15) is 0 Å². The van der Waals surface area contributed by atoms with E-state index in [0.717, 1.165) is 21.8 Å². The Balaban J connectivity index is 1.64. The molecular formula is C17H16N4O2S. The van der Waals surface area contributed by atoms with Crippen molar-refractivity contribution in [2.75, 3.05) is 11.9 Å². The van der Waals surface area contributed by atoms with E-state index in [1.54, 1.807) is 35.9 Å². The minimum absolute atomic E-state index is 0.0946. The molecule has 0 bridgehead atoms. The molecule has 1 N–H and O–H groups in total. The number of nitrogens with zero attached hydrogens (tertiary/aromatic N) is 3. The normalized spacial score (nSPS) is 10.5. The molecule has 7 heteroatoms. The minimum atomic E-state index is -0.368. The molecular weight excluding hydrogens is 324 g/mol. The second-order valence-electron chi connectivity index (χ2n) is 5.32. The summed E-state index contributed by atoms with van der Waals surface area (Å²) in [7, 11) is 0. The van der Waals surface area contributed by atoms with Gasteiger partial charge in [0.25, 0.3) is 5.69 Å². The highest BCUT2D eigenvalue weighted by Gasteiger charge is 2.13. The third-order valence-corrected chi connectivity index (χ3v) is 4.44. The third-order valence-electron chi connectivity index (χ3n) is 3.53. The van der Waals surface area contributed by atoms with Gasteiger partial charge in [-0.1, -0.05) is 6.07 Å². The highest BCUT2D eigenvalue weighted by Crippen LogP contribution is 2.26. The zero-order valence-electron chi connectivity index (χ0n) is 13.1. The zero-order valence-corrected chi connectivity index (χ0v) is 13.9. The van der Waals surface area contributed by atoms with E-state index in [9.17, 15) is 10.1 Å². The van der Waals surface area contributed by atoms with Crippen LogP contribution in [0, 0.1) is 17.0 Å². The Morgan fingerprint density at radius 1 is 1.25 bits per heavy atom. The van der Waals surface area contributed by atoms with Gasteiger partial charge in [-0.3, -0.25) is 15.1 Å². The Labute approximate surface area is 143 Å². The first-order valence-electron chi connectivity index (χ1n) is 7.47. The van der Waals surface area contributed by atoms with Crippen LogP contribution in [0.1, 0.15) is 10.6 Å². The maximum atomic E-state index is 11.1. The summed E-state index contributed by atoms with van der Waals surface area (Å²) in [5.74, 6) is 0. The highest BCUT2D eigenvalue weighted by atomic mass is 32.1. The van der Waals surface area contributed by atoms with Gasteiger partial charge in [0.15, 0.2) is 0 Å². The van der Waals surface area contributed by atoms with E-state index < -0.39 is 0 Å². The van der Waals surface area contributed by atoms with Crippen molar-refractivity contribution in [3.63, 3.8) is 0 Å². The number of nitro benzene ring substituents is 1. The van der Waals surface area contributed by atoms with Crippen molar-refractivity contribution >= 4 is 22.7 Å². The number of nitrogens with one attached hydrogen (secondary N) is 1. The number of aromatic nitrogens is 2. The fourth-order valence-electron chi connectivity index (χ4n) is 2.34. The molecule has 2 heterocycles. The zero-order chi connectivity index (χ0) is 16.9. The predicted octanol–water partition coefficient (Wildman–Crippen LogP) is 4.08. The summed E-state index contributed by atoms with van der Waals surface area (Å²) in [5, 5.41) is 17.2. The summed E-state index contributed by atoms with van der Waals surface area (Å²) < 4.78 is 0. The molecule has 3 aromatic rings. The van der Waals surface area contributed by atoms with Crippen molar-refractivity contribution in [3.05, 3.63) is 68.8 Å². The van der Waals surface area contributed by atoms with Crippen LogP contribution in [0.3, 0.4) is 0 Å². The van der Waals surface area contributed by atoms with E-state index in [4.69, 9.17) is 0 Å². The lowest BCUT2D eigenvalue weighted by Crippen LogP contribution is -2.07. The van der Waals surface area contributed by atoms with Crippen LogP contribution in [-0.4, -0.2) is 21.4 Å². The molecule has 24 heavy (non-hydrogen) atoms. The molecule has 0 atom stereocenters. The molecule has 0 fully saturated rings. The largest absolute Gasteiger partial charge is 0.379 e. The van der Waals surface area contributed by atoms with Gasteiger partial charge >= 0.3 is 0 Å². The van der Waals surface area contributed by atoms with Crippen molar-refractivity contribution < 1.29 is 4.92 Å². The molecule has 0 spiro atoms. The topological polar surface area (TPSA) is 81.0 Å². The maximum Gasteiger partial charge on any atom is 0.292 e. The Kier molecular flexibility index (Phi) is 4.81. The summed E-state index contributed by atoms with van der Waals surface area (Å²) in [5.41, 5.74) is 3.59. The number of thiazole rings is 1. The Bertz CT molecular complexity index is 849. The van der Waals surface area contributed by atoms with Gasteiger partial charge in [-0.25, -0.2) is 4.98 Å². The fourth-order valence-corrected chi connectivity index (χ4v) is 3.14. The molecule has 0 saturated heterocycles. The van der Waals surface area contributed by atoms with Crippen LogP contribution in [0.5, 0.6) is 0 Å². The first-order valence-corrected chi connectivity index (χ1v) is 8.35. The first kappa shape index (κ1) is 16.1. The second-order valence-corrected chi connectivity index (χ2v) is 6.26. The van der Waals surface area contributed by atoms with E-state index >= 15 is 0 Å². The van der Waals surface area contributed by atoms with Crippen molar-refractivity contribution in [2.24, 2.45) is 0 Å². The fraction of sp³-hybridized carbons (Fsp3) is 0.176. The first-order chi connectivity index (χ1) is 11.6. The van der Waals surface area contributed by atoms with Crippen LogP contribution in [0.15, 0.2) is 48.1 Å². The van der Waals surface area contributed by atoms with Gasteiger partial charge < -0.3 is 5.32 Å². The molecule has 0 amide bonds. The lowest BCUT2D eigenvalue weighted by molar-refractivity contribution is -0.384. The van der Waals surface area contributed by atoms with E-state index in [0.29, 0.717) is 18.7 Å². The molecule has 0 aliphatic rings. The average molecular weight is 340 g/mol. The number of benzene rings is 1. The number of hydrogen-bond acceptors (Lipinski definition) is 6. The Hall–Kier alpha value is -2.80. The lowest BCUT2D eigenvalue weighted by Gasteiger charge is -2.07. The van der Waals surface area contributed by atoms with Crippen molar-refractivity contribution in [1.82, 2.24) is 9.97 Å². The number of rotatable bonds is 6. The van der Waals surface area contributed by atoms with Crippen molar-refractivity contribution in [3.8, 4) is 11.3 Å². The number of nitro groups is 1. The van der Waals surface area contributed by atoms with Gasteiger partial charge in [0, 0.05) is 42.4 Å². The van der Waals surface area contributed by atoms with E-state index in [1.165, 1.54) is 6.07 Å². The van der Waals surface area contributed by atoms with Crippen LogP contribution in [0.4, 0.5) is 11.4 Å². The van der Waals surface area contributed by atoms with Crippen LogP contribution in [0.2, 0.25) is 0 Å². The van der Waals surface area contributed by atoms with Crippen molar-refractivity contribution in [1.29, 1.82) is 0 Å². The molecule has 0 unspecified atom stereocenters. The lowest BCUT2D eigenvalue weighted by atomic mass is 10.2. The number of anilines is 1.